The zero-order chi connectivity index (χ0) is 9.97. The van der Waals surface area contributed by atoms with Crippen molar-refractivity contribution in [2.75, 3.05) is 26.2 Å². The summed E-state index contributed by atoms with van der Waals surface area (Å²) < 4.78 is 0. The largest absolute Gasteiger partial charge is 0.396 e. The Bertz CT molecular complexity index is 177. The predicted octanol–water partition coefficient (Wildman–Crippen LogP) is 1.74. The van der Waals surface area contributed by atoms with E-state index in [4.69, 9.17) is 0 Å². The van der Waals surface area contributed by atoms with E-state index in [0.717, 1.165) is 11.8 Å². The molecule has 1 aliphatic heterocycles. The standard InChI is InChI=1S/C12H23NO/c1-2-10-6-13(7-10)8-11-4-3-5-12(11)9-14/h10-12,14H,2-9H2,1H3. The van der Waals surface area contributed by atoms with Gasteiger partial charge in [0.05, 0.1) is 0 Å². The number of nitrogens with zero attached hydrogens (tertiary/aromatic N) is 1. The topological polar surface area (TPSA) is 23.5 Å². The van der Waals surface area contributed by atoms with Gasteiger partial charge in [-0.3, -0.25) is 0 Å². The molecule has 14 heavy (non-hydrogen) atoms. The monoisotopic (exact) mass is 197 g/mol. The van der Waals surface area contributed by atoms with E-state index in [0.29, 0.717) is 12.5 Å². The first-order valence-electron chi connectivity index (χ1n) is 6.16. The summed E-state index contributed by atoms with van der Waals surface area (Å²) in [5.74, 6) is 2.36. The fourth-order valence-corrected chi connectivity index (χ4v) is 3.01. The highest BCUT2D eigenvalue weighted by Gasteiger charge is 2.32. The average Bonchev–Trinajstić information content (AvgIpc) is 2.57. The van der Waals surface area contributed by atoms with Crippen LogP contribution in [-0.4, -0.2) is 36.2 Å². The van der Waals surface area contributed by atoms with Crippen LogP contribution in [0.1, 0.15) is 32.6 Å². The molecule has 1 aliphatic carbocycles. The van der Waals surface area contributed by atoms with Crippen LogP contribution >= 0.6 is 0 Å². The van der Waals surface area contributed by atoms with Crippen LogP contribution in [0.5, 0.6) is 0 Å². The molecule has 2 nitrogen and oxygen atoms in total. The van der Waals surface area contributed by atoms with Gasteiger partial charge in [-0.1, -0.05) is 19.8 Å². The first-order valence-corrected chi connectivity index (χ1v) is 6.16. The minimum absolute atomic E-state index is 0.412. The summed E-state index contributed by atoms with van der Waals surface area (Å²) in [5, 5.41) is 9.22. The number of likely N-dealkylation sites (tertiary alicyclic amines) is 1. The molecule has 0 aromatic carbocycles. The maximum atomic E-state index is 9.22. The third kappa shape index (κ3) is 2.12. The molecule has 2 heteroatoms. The molecule has 0 spiro atoms. The van der Waals surface area contributed by atoms with Crippen LogP contribution in [0.4, 0.5) is 0 Å². The van der Waals surface area contributed by atoms with Gasteiger partial charge in [-0.25, -0.2) is 0 Å². The highest BCUT2D eigenvalue weighted by Crippen LogP contribution is 2.33. The lowest BCUT2D eigenvalue weighted by molar-refractivity contribution is 0.0626. The molecule has 2 fully saturated rings. The molecule has 2 atom stereocenters. The molecule has 2 unspecified atom stereocenters. The Hall–Kier alpha value is -0.0800. The molecule has 2 rings (SSSR count). The van der Waals surface area contributed by atoms with Gasteiger partial charge in [-0.15, -0.1) is 0 Å². The first-order chi connectivity index (χ1) is 6.83. The number of rotatable bonds is 4. The van der Waals surface area contributed by atoms with Crippen molar-refractivity contribution in [1.82, 2.24) is 4.90 Å². The molecule has 2 aliphatic rings. The molecule has 0 aromatic heterocycles. The maximum Gasteiger partial charge on any atom is 0.0462 e. The summed E-state index contributed by atoms with van der Waals surface area (Å²) in [5.41, 5.74) is 0. The Labute approximate surface area is 87.3 Å². The zero-order valence-electron chi connectivity index (χ0n) is 9.28. The normalized spacial score (nSPS) is 34.7. The molecule has 1 heterocycles. The van der Waals surface area contributed by atoms with Gasteiger partial charge in [0.15, 0.2) is 0 Å². The molecule has 0 radical (unpaired) electrons. The van der Waals surface area contributed by atoms with Crippen LogP contribution in [0.3, 0.4) is 0 Å². The number of hydrogen-bond acceptors (Lipinski definition) is 2. The highest BCUT2D eigenvalue weighted by atomic mass is 16.3. The minimum Gasteiger partial charge on any atom is -0.396 e. The van der Waals surface area contributed by atoms with Crippen LogP contribution < -0.4 is 0 Å². The second kappa shape index (κ2) is 4.63. The van der Waals surface area contributed by atoms with Crippen molar-refractivity contribution < 1.29 is 5.11 Å². The van der Waals surface area contributed by atoms with Gasteiger partial charge in [0.25, 0.3) is 0 Å². The molecular formula is C12H23NO. The smallest absolute Gasteiger partial charge is 0.0462 e. The maximum absolute atomic E-state index is 9.22. The van der Waals surface area contributed by atoms with Crippen molar-refractivity contribution in [3.05, 3.63) is 0 Å². The van der Waals surface area contributed by atoms with Crippen molar-refractivity contribution in [3.8, 4) is 0 Å². The SMILES string of the molecule is CCC1CN(CC2CCCC2CO)C1. The Morgan fingerprint density at radius 2 is 1.93 bits per heavy atom. The third-order valence-electron chi connectivity index (χ3n) is 4.15. The molecule has 0 aromatic rings. The van der Waals surface area contributed by atoms with Gasteiger partial charge in [0, 0.05) is 26.2 Å². The van der Waals surface area contributed by atoms with Crippen LogP contribution in [-0.2, 0) is 0 Å². The molecule has 1 saturated carbocycles. The highest BCUT2D eigenvalue weighted by molar-refractivity contribution is 4.85. The fourth-order valence-electron chi connectivity index (χ4n) is 3.01. The minimum atomic E-state index is 0.412. The summed E-state index contributed by atoms with van der Waals surface area (Å²) in [7, 11) is 0. The molecule has 82 valence electrons. The van der Waals surface area contributed by atoms with E-state index < -0.39 is 0 Å². The first kappa shape index (κ1) is 10.4. The van der Waals surface area contributed by atoms with Gasteiger partial charge in [0.2, 0.25) is 0 Å². The summed E-state index contributed by atoms with van der Waals surface area (Å²) in [6.45, 7) is 6.57. The van der Waals surface area contributed by atoms with Crippen LogP contribution in [0.2, 0.25) is 0 Å². The van der Waals surface area contributed by atoms with Gasteiger partial charge in [-0.2, -0.15) is 0 Å². The van der Waals surface area contributed by atoms with Crippen molar-refractivity contribution in [2.24, 2.45) is 17.8 Å². The van der Waals surface area contributed by atoms with Gasteiger partial charge in [0.1, 0.15) is 0 Å². The van der Waals surface area contributed by atoms with Gasteiger partial charge in [-0.05, 0) is 30.6 Å². The quantitative estimate of drug-likeness (QED) is 0.742. The van der Waals surface area contributed by atoms with Gasteiger partial charge < -0.3 is 10.0 Å². The van der Waals surface area contributed by atoms with E-state index in [2.05, 4.69) is 11.8 Å². The van der Waals surface area contributed by atoms with Crippen molar-refractivity contribution >= 4 is 0 Å². The van der Waals surface area contributed by atoms with E-state index in [1.165, 1.54) is 45.3 Å². The van der Waals surface area contributed by atoms with Gasteiger partial charge >= 0.3 is 0 Å². The van der Waals surface area contributed by atoms with E-state index >= 15 is 0 Å². The molecule has 0 bridgehead atoms. The lowest BCUT2D eigenvalue weighted by Gasteiger charge is -2.41. The Morgan fingerprint density at radius 3 is 2.57 bits per heavy atom. The number of aliphatic hydroxyl groups excluding tert-OH is 1. The van der Waals surface area contributed by atoms with E-state index in [1.807, 2.05) is 0 Å². The van der Waals surface area contributed by atoms with Crippen molar-refractivity contribution in [2.45, 2.75) is 32.6 Å². The van der Waals surface area contributed by atoms with E-state index in [9.17, 15) is 5.11 Å². The molecule has 1 saturated heterocycles. The second-order valence-corrected chi connectivity index (χ2v) is 5.13. The van der Waals surface area contributed by atoms with Crippen LogP contribution in [0, 0.1) is 17.8 Å². The molecule has 1 N–H and O–H groups in total. The lowest BCUT2D eigenvalue weighted by atomic mass is 9.91. The van der Waals surface area contributed by atoms with Crippen molar-refractivity contribution in [1.29, 1.82) is 0 Å². The van der Waals surface area contributed by atoms with E-state index in [-0.39, 0.29) is 0 Å². The van der Waals surface area contributed by atoms with Crippen molar-refractivity contribution in [3.63, 3.8) is 0 Å². The average molecular weight is 197 g/mol. The summed E-state index contributed by atoms with van der Waals surface area (Å²) in [6, 6.07) is 0. The lowest BCUT2D eigenvalue weighted by Crippen LogP contribution is -2.48. The predicted molar refractivity (Wildman–Crippen MR) is 58.1 cm³/mol. The fraction of sp³-hybridized carbons (Fsp3) is 1.00. The second-order valence-electron chi connectivity index (χ2n) is 5.13. The Morgan fingerprint density at radius 1 is 1.21 bits per heavy atom. The summed E-state index contributed by atoms with van der Waals surface area (Å²) >= 11 is 0. The number of hydrogen-bond donors (Lipinski definition) is 1. The van der Waals surface area contributed by atoms with Crippen LogP contribution in [0.25, 0.3) is 0 Å². The summed E-state index contributed by atoms with van der Waals surface area (Å²) in [6.07, 6.45) is 5.27. The number of aliphatic hydroxyl groups is 1. The van der Waals surface area contributed by atoms with Crippen LogP contribution in [0.15, 0.2) is 0 Å². The Kier molecular flexibility index (Phi) is 3.45. The Balaban J connectivity index is 1.70. The third-order valence-corrected chi connectivity index (χ3v) is 4.15. The zero-order valence-corrected chi connectivity index (χ0v) is 9.28. The summed E-state index contributed by atoms with van der Waals surface area (Å²) in [4.78, 5) is 2.58. The molecule has 0 amide bonds. The molecular weight excluding hydrogens is 174 g/mol. The van der Waals surface area contributed by atoms with E-state index in [1.54, 1.807) is 0 Å².